The van der Waals surface area contributed by atoms with Crippen molar-refractivity contribution >= 4 is 46.7 Å². The molecule has 0 saturated carbocycles. The van der Waals surface area contributed by atoms with E-state index in [4.69, 9.17) is 4.74 Å². The van der Waals surface area contributed by atoms with Crippen molar-refractivity contribution < 1.29 is 9.53 Å². The maximum Gasteiger partial charge on any atom is 0.246 e. The number of aryl methyl sites for hydroxylation is 2. The second kappa shape index (κ2) is 11.1. The molecule has 1 aliphatic heterocycles. The number of hydrogen-bond acceptors (Lipinski definition) is 8. The first-order chi connectivity index (χ1) is 18.9. The lowest BCUT2D eigenvalue weighted by atomic mass is 9.99. The highest BCUT2D eigenvalue weighted by Crippen LogP contribution is 2.30. The number of carbonyl (C=O) groups excluding carboxylic acids is 1. The van der Waals surface area contributed by atoms with Crippen molar-refractivity contribution in [3.05, 3.63) is 90.6 Å². The molecule has 2 aromatic heterocycles. The largest absolute Gasteiger partial charge is 0.439 e. The monoisotopic (exact) mass is 520 g/mol. The van der Waals surface area contributed by atoms with Gasteiger partial charge in [-0.15, -0.1) is 10.2 Å². The van der Waals surface area contributed by atoms with E-state index in [2.05, 4.69) is 55.9 Å². The van der Waals surface area contributed by atoms with Gasteiger partial charge in [-0.1, -0.05) is 18.7 Å². The van der Waals surface area contributed by atoms with Gasteiger partial charge >= 0.3 is 0 Å². The number of carbonyl (C=O) groups is 1. The molecule has 0 saturated heterocycles. The van der Waals surface area contributed by atoms with Gasteiger partial charge in [0.2, 0.25) is 11.8 Å². The summed E-state index contributed by atoms with van der Waals surface area (Å²) in [6, 6.07) is 11.8. The van der Waals surface area contributed by atoms with Gasteiger partial charge in [-0.25, -0.2) is 15.0 Å². The molecule has 1 N–H and O–H groups in total. The van der Waals surface area contributed by atoms with Crippen molar-refractivity contribution in [1.29, 1.82) is 0 Å². The summed E-state index contributed by atoms with van der Waals surface area (Å²) in [6.07, 6.45) is 9.15. The second-order valence-electron chi connectivity index (χ2n) is 9.08. The third kappa shape index (κ3) is 5.59. The number of nitrogens with one attached hydrogen (secondary N) is 1. The molecule has 0 bridgehead atoms. The van der Waals surface area contributed by atoms with Gasteiger partial charge in [-0.2, -0.15) is 0 Å². The van der Waals surface area contributed by atoms with E-state index in [1.165, 1.54) is 6.08 Å². The molecule has 1 aliphatic rings. The summed E-state index contributed by atoms with van der Waals surface area (Å²) in [5.41, 5.74) is 4.67. The lowest BCUT2D eigenvalue weighted by Gasteiger charge is -2.26. The highest BCUT2D eigenvalue weighted by atomic mass is 16.5. The van der Waals surface area contributed by atoms with Gasteiger partial charge in [0, 0.05) is 37.3 Å². The maximum absolute atomic E-state index is 12.1. The zero-order chi connectivity index (χ0) is 27.4. The Morgan fingerprint density at radius 3 is 2.82 bits per heavy atom. The van der Waals surface area contributed by atoms with E-state index < -0.39 is 0 Å². The number of rotatable bonds is 8. The van der Waals surface area contributed by atoms with Crippen LogP contribution in [-0.4, -0.2) is 55.3 Å². The van der Waals surface area contributed by atoms with E-state index in [1.54, 1.807) is 28.2 Å². The van der Waals surface area contributed by atoms with Crippen molar-refractivity contribution in [2.24, 2.45) is 12.0 Å². The Kier molecular flexibility index (Phi) is 7.26. The molecule has 10 heteroatoms. The van der Waals surface area contributed by atoms with Crippen LogP contribution in [0.4, 0.5) is 11.5 Å². The van der Waals surface area contributed by atoms with E-state index in [1.807, 2.05) is 44.3 Å². The minimum atomic E-state index is -0.0602. The fraction of sp³-hybridized carbons (Fsp3) is 0.172. The topological polar surface area (TPSA) is 110 Å². The van der Waals surface area contributed by atoms with Crippen LogP contribution < -0.4 is 10.1 Å². The van der Waals surface area contributed by atoms with Crippen LogP contribution in [0.5, 0.6) is 5.75 Å². The zero-order valence-corrected chi connectivity index (χ0v) is 21.8. The summed E-state index contributed by atoms with van der Waals surface area (Å²) < 4.78 is 7.73. The maximum atomic E-state index is 12.1. The lowest BCUT2D eigenvalue weighted by Crippen LogP contribution is -2.34. The molecule has 39 heavy (non-hydrogen) atoms. The Bertz CT molecular complexity index is 1640. The van der Waals surface area contributed by atoms with Gasteiger partial charge in [0.25, 0.3) is 0 Å². The first kappa shape index (κ1) is 25.5. The van der Waals surface area contributed by atoms with E-state index >= 15 is 0 Å². The number of fused-ring (bicyclic) bond motifs is 1. The molecule has 196 valence electrons. The Hall–Kier alpha value is -5.12. The molecule has 0 spiro atoms. The van der Waals surface area contributed by atoms with E-state index in [9.17, 15) is 4.79 Å². The molecule has 0 radical (unpaired) electrons. The average Bonchev–Trinajstić information content (AvgIpc) is 3.37. The van der Waals surface area contributed by atoms with Gasteiger partial charge in [0.05, 0.1) is 5.52 Å². The Morgan fingerprint density at radius 1 is 1.21 bits per heavy atom. The third-order valence-corrected chi connectivity index (χ3v) is 6.45. The van der Waals surface area contributed by atoms with Crippen LogP contribution in [0.2, 0.25) is 0 Å². The molecule has 0 fully saturated rings. The molecule has 4 aromatic rings. The highest BCUT2D eigenvalue weighted by Gasteiger charge is 2.18. The number of amides is 1. The molecule has 3 heterocycles. The lowest BCUT2D eigenvalue weighted by molar-refractivity contribution is -0.125. The second-order valence-corrected chi connectivity index (χ2v) is 9.08. The average molecular weight is 521 g/mol. The Labute approximate surface area is 226 Å². The normalized spacial score (nSPS) is 13.6. The fourth-order valence-corrected chi connectivity index (χ4v) is 4.36. The van der Waals surface area contributed by atoms with Crippen LogP contribution in [-0.2, 0) is 11.8 Å². The van der Waals surface area contributed by atoms with Gasteiger partial charge < -0.3 is 19.5 Å². The van der Waals surface area contributed by atoms with Crippen molar-refractivity contribution in [2.75, 3.05) is 18.4 Å². The summed E-state index contributed by atoms with van der Waals surface area (Å²) >= 11 is 0. The number of nitrogens with zero attached hydrogens (tertiary/aromatic N) is 7. The highest BCUT2D eigenvalue weighted by molar-refractivity contribution is 5.94. The van der Waals surface area contributed by atoms with E-state index in [0.717, 1.165) is 39.7 Å². The zero-order valence-electron chi connectivity index (χ0n) is 21.8. The van der Waals surface area contributed by atoms with Crippen LogP contribution in [0.3, 0.4) is 0 Å². The van der Waals surface area contributed by atoms with Gasteiger partial charge in [-0.05, 0) is 73.2 Å². The first-order valence-corrected chi connectivity index (χ1v) is 12.4. The minimum Gasteiger partial charge on any atom is -0.439 e. The van der Waals surface area contributed by atoms with Crippen molar-refractivity contribution in [3.63, 3.8) is 0 Å². The number of hydrogen-bond donors (Lipinski definition) is 1. The molecule has 0 atom stereocenters. The van der Waals surface area contributed by atoms with Crippen LogP contribution in [0.1, 0.15) is 23.4 Å². The minimum absolute atomic E-state index is 0.0602. The van der Waals surface area contributed by atoms with E-state index in [0.29, 0.717) is 36.4 Å². The molecular weight excluding hydrogens is 492 g/mol. The predicted octanol–water partition coefficient (Wildman–Crippen LogP) is 4.69. The summed E-state index contributed by atoms with van der Waals surface area (Å²) in [7, 11) is 1.84. The standard InChI is InChI=1S/C29H28N8O2/c1-5-28(38)37-12-6-7-21(16-37)20-8-10-24-23(14-20)29(32-17-31-24)34-22-9-11-25(19(2)13-22)39-27(30-3)15-26-35-33-18-36(26)4/h5,7-11,13-15,17-18H,1,3,6,12,16H2,2,4H3,(H,31,32,34)/b27-15+. The Balaban J connectivity index is 1.38. The van der Waals surface area contributed by atoms with Crippen LogP contribution in [0.15, 0.2) is 78.7 Å². The SMILES string of the molecule is C=CC(=O)N1CCC=C(c2ccc3ncnc(Nc4ccc(O/C(=C/c5nncn5C)N=C)c(C)c4)c3c2)C1. The van der Waals surface area contributed by atoms with E-state index in [-0.39, 0.29) is 5.91 Å². The summed E-state index contributed by atoms with van der Waals surface area (Å²) in [5, 5.41) is 12.2. The molecule has 0 unspecified atom stereocenters. The smallest absolute Gasteiger partial charge is 0.246 e. The quantitative estimate of drug-likeness (QED) is 0.204. The molecule has 10 nitrogen and oxygen atoms in total. The molecule has 5 rings (SSSR count). The summed E-state index contributed by atoms with van der Waals surface area (Å²) in [5.74, 6) is 2.18. The van der Waals surface area contributed by atoms with Crippen LogP contribution >= 0.6 is 0 Å². The molecule has 0 aliphatic carbocycles. The fourth-order valence-electron chi connectivity index (χ4n) is 4.36. The number of aliphatic imine (C=N–C) groups is 1. The summed E-state index contributed by atoms with van der Waals surface area (Å²) in [6.45, 7) is 10.4. The van der Waals surface area contributed by atoms with Crippen molar-refractivity contribution in [3.8, 4) is 5.75 Å². The Morgan fingerprint density at radius 2 is 2.08 bits per heavy atom. The molecule has 1 amide bonds. The number of benzene rings is 2. The van der Waals surface area contributed by atoms with Crippen LogP contribution in [0.25, 0.3) is 22.6 Å². The number of ether oxygens (including phenoxy) is 1. The number of anilines is 2. The summed E-state index contributed by atoms with van der Waals surface area (Å²) in [4.78, 5) is 26.9. The number of aromatic nitrogens is 5. The van der Waals surface area contributed by atoms with Crippen LogP contribution in [0, 0.1) is 6.92 Å². The van der Waals surface area contributed by atoms with Gasteiger partial charge in [0.1, 0.15) is 24.2 Å². The van der Waals surface area contributed by atoms with Crippen molar-refractivity contribution in [2.45, 2.75) is 13.3 Å². The van der Waals surface area contributed by atoms with Gasteiger partial charge in [0.15, 0.2) is 5.82 Å². The third-order valence-electron chi connectivity index (χ3n) is 6.45. The molecular formula is C29H28N8O2. The predicted molar refractivity (Wildman–Crippen MR) is 153 cm³/mol. The van der Waals surface area contributed by atoms with Gasteiger partial charge in [-0.3, -0.25) is 4.79 Å². The first-order valence-electron chi connectivity index (χ1n) is 12.4. The van der Waals surface area contributed by atoms with Crippen molar-refractivity contribution in [1.82, 2.24) is 29.6 Å². The molecule has 2 aromatic carbocycles.